The maximum Gasteiger partial charge on any atom is 0.0593 e. The molecule has 0 bridgehead atoms. The molecule has 0 fully saturated rings. The molecule has 2 nitrogen and oxygen atoms in total. The van der Waals surface area contributed by atoms with Gasteiger partial charge in [0.1, 0.15) is 0 Å². The van der Waals surface area contributed by atoms with Crippen molar-refractivity contribution in [2.45, 2.75) is 77.2 Å². The minimum absolute atomic E-state index is 0.0212. The quantitative estimate of drug-likeness (QED) is 0.385. The Hall–Kier alpha value is -0.340. The molecule has 0 rings (SSSR count). The third kappa shape index (κ3) is 9.67. The van der Waals surface area contributed by atoms with Crippen molar-refractivity contribution in [2.24, 2.45) is 5.92 Å². The Kier molecular flexibility index (Phi) is 12.9. The van der Waals surface area contributed by atoms with Crippen LogP contribution in [0.1, 0.15) is 71.1 Å². The fourth-order valence-electron chi connectivity index (χ4n) is 2.29. The third-order valence-corrected chi connectivity index (χ3v) is 3.60. The van der Waals surface area contributed by atoms with Gasteiger partial charge in [-0.05, 0) is 12.8 Å². The van der Waals surface area contributed by atoms with Gasteiger partial charge >= 0.3 is 0 Å². The summed E-state index contributed by atoms with van der Waals surface area (Å²) in [6.07, 6.45) is 13.2. The van der Waals surface area contributed by atoms with Gasteiger partial charge in [0.05, 0.1) is 6.10 Å². The molecule has 2 heteroatoms. The Balaban J connectivity index is 3.38. The van der Waals surface area contributed by atoms with E-state index in [1.807, 2.05) is 0 Å². The summed E-state index contributed by atoms with van der Waals surface area (Å²) >= 11 is 0. The van der Waals surface area contributed by atoms with Gasteiger partial charge in [-0.3, -0.25) is 0 Å². The number of rotatable bonds is 13. The molecule has 0 radical (unpaired) electrons. The third-order valence-electron chi connectivity index (χ3n) is 3.60. The van der Waals surface area contributed by atoms with Crippen molar-refractivity contribution in [3.05, 3.63) is 12.7 Å². The summed E-state index contributed by atoms with van der Waals surface area (Å²) in [5.41, 5.74) is 0. The molecule has 0 amide bonds. The monoisotopic (exact) mass is 256 g/mol. The molecule has 0 saturated carbocycles. The Labute approximate surface area is 113 Å². The van der Waals surface area contributed by atoms with Gasteiger partial charge in [0.25, 0.3) is 0 Å². The normalized spacial score (nSPS) is 14.4. The summed E-state index contributed by atoms with van der Waals surface area (Å²) in [6.45, 7) is 5.95. The van der Waals surface area contributed by atoms with E-state index < -0.39 is 0 Å². The number of unbranched alkanes of at least 4 members (excludes halogenated alkanes) is 7. The van der Waals surface area contributed by atoms with Crippen molar-refractivity contribution in [3.8, 4) is 0 Å². The molecule has 2 atom stereocenters. The standard InChI is InChI=1S/C16H32O2/c1-3-5-6-7-8-9-10-11-13-16(18)15(14-17)12-4-2/h4,15-18H,2-3,5-14H2,1H3/t15-,16+/m1/s1. The predicted molar refractivity (Wildman–Crippen MR) is 78.6 cm³/mol. The van der Waals surface area contributed by atoms with E-state index in [0.29, 0.717) is 6.42 Å². The molecule has 18 heavy (non-hydrogen) atoms. The van der Waals surface area contributed by atoms with Crippen molar-refractivity contribution in [2.75, 3.05) is 6.61 Å². The molecule has 0 unspecified atom stereocenters. The fraction of sp³-hybridized carbons (Fsp3) is 0.875. The minimum atomic E-state index is -0.368. The van der Waals surface area contributed by atoms with Gasteiger partial charge in [-0.1, -0.05) is 64.4 Å². The first-order valence-corrected chi connectivity index (χ1v) is 7.66. The number of aliphatic hydroxyl groups is 2. The lowest BCUT2D eigenvalue weighted by Gasteiger charge is -2.19. The highest BCUT2D eigenvalue weighted by Gasteiger charge is 2.16. The molecule has 0 aliphatic rings. The van der Waals surface area contributed by atoms with Gasteiger partial charge in [0.15, 0.2) is 0 Å². The molecule has 0 aliphatic carbocycles. The zero-order chi connectivity index (χ0) is 13.6. The summed E-state index contributed by atoms with van der Waals surface area (Å²) in [5, 5.41) is 19.0. The molecule has 2 N–H and O–H groups in total. The number of allylic oxidation sites excluding steroid dienone is 1. The fourth-order valence-corrected chi connectivity index (χ4v) is 2.29. The van der Waals surface area contributed by atoms with Gasteiger partial charge < -0.3 is 10.2 Å². The molecule has 0 aromatic heterocycles. The minimum Gasteiger partial charge on any atom is -0.396 e. The molecule has 0 saturated heterocycles. The second-order valence-corrected chi connectivity index (χ2v) is 5.30. The van der Waals surface area contributed by atoms with Crippen LogP contribution >= 0.6 is 0 Å². The van der Waals surface area contributed by atoms with Gasteiger partial charge in [-0.25, -0.2) is 0 Å². The molecule has 0 aliphatic heterocycles. The van der Waals surface area contributed by atoms with Gasteiger partial charge in [-0.15, -0.1) is 6.58 Å². The van der Waals surface area contributed by atoms with E-state index in [2.05, 4.69) is 13.5 Å². The van der Waals surface area contributed by atoms with Crippen LogP contribution in [0.3, 0.4) is 0 Å². The zero-order valence-corrected chi connectivity index (χ0v) is 12.1. The smallest absolute Gasteiger partial charge is 0.0593 e. The number of hydrogen-bond donors (Lipinski definition) is 2. The molecular weight excluding hydrogens is 224 g/mol. The van der Waals surface area contributed by atoms with Gasteiger partial charge in [0, 0.05) is 12.5 Å². The predicted octanol–water partition coefficient (Wildman–Crippen LogP) is 4.06. The second kappa shape index (κ2) is 13.1. The topological polar surface area (TPSA) is 40.5 Å². The number of hydrogen-bond acceptors (Lipinski definition) is 2. The second-order valence-electron chi connectivity index (χ2n) is 5.30. The first kappa shape index (κ1) is 17.7. The highest BCUT2D eigenvalue weighted by molar-refractivity contribution is 4.77. The molecule has 0 spiro atoms. The lowest BCUT2D eigenvalue weighted by atomic mass is 9.94. The van der Waals surface area contributed by atoms with Crippen LogP contribution in [-0.4, -0.2) is 22.9 Å². The van der Waals surface area contributed by atoms with Crippen LogP contribution in [-0.2, 0) is 0 Å². The molecule has 0 heterocycles. The highest BCUT2D eigenvalue weighted by atomic mass is 16.3. The summed E-state index contributed by atoms with van der Waals surface area (Å²) in [5.74, 6) is -0.0212. The van der Waals surface area contributed by atoms with Gasteiger partial charge in [-0.2, -0.15) is 0 Å². The maximum atomic E-state index is 9.90. The van der Waals surface area contributed by atoms with Crippen LogP contribution in [0.5, 0.6) is 0 Å². The van der Waals surface area contributed by atoms with Crippen molar-refractivity contribution >= 4 is 0 Å². The Morgan fingerprint density at radius 2 is 1.56 bits per heavy atom. The van der Waals surface area contributed by atoms with E-state index in [-0.39, 0.29) is 18.6 Å². The van der Waals surface area contributed by atoms with E-state index in [9.17, 15) is 5.11 Å². The van der Waals surface area contributed by atoms with Crippen LogP contribution in [0.15, 0.2) is 12.7 Å². The average Bonchev–Trinajstić information content (AvgIpc) is 2.38. The Morgan fingerprint density at radius 1 is 1.00 bits per heavy atom. The van der Waals surface area contributed by atoms with Crippen molar-refractivity contribution < 1.29 is 10.2 Å². The summed E-state index contributed by atoms with van der Waals surface area (Å²) in [4.78, 5) is 0. The summed E-state index contributed by atoms with van der Waals surface area (Å²) in [6, 6.07) is 0. The summed E-state index contributed by atoms with van der Waals surface area (Å²) < 4.78 is 0. The van der Waals surface area contributed by atoms with E-state index in [4.69, 9.17) is 5.11 Å². The van der Waals surface area contributed by atoms with Gasteiger partial charge in [0.2, 0.25) is 0 Å². The molecule has 108 valence electrons. The molecular formula is C16H32O2. The largest absolute Gasteiger partial charge is 0.396 e. The van der Waals surface area contributed by atoms with Crippen molar-refractivity contribution in [1.29, 1.82) is 0 Å². The van der Waals surface area contributed by atoms with Crippen LogP contribution in [0.25, 0.3) is 0 Å². The maximum absolute atomic E-state index is 9.90. The van der Waals surface area contributed by atoms with Crippen LogP contribution < -0.4 is 0 Å². The van der Waals surface area contributed by atoms with Crippen LogP contribution in [0.2, 0.25) is 0 Å². The first-order valence-electron chi connectivity index (χ1n) is 7.66. The Bertz CT molecular complexity index is 180. The SMILES string of the molecule is C=CC[C@H](CO)[C@@H](O)CCCCCCCCCC. The number of aliphatic hydroxyl groups excluding tert-OH is 2. The average molecular weight is 256 g/mol. The summed E-state index contributed by atoms with van der Waals surface area (Å²) in [7, 11) is 0. The van der Waals surface area contributed by atoms with E-state index in [1.165, 1.54) is 44.9 Å². The van der Waals surface area contributed by atoms with E-state index in [1.54, 1.807) is 6.08 Å². The lowest BCUT2D eigenvalue weighted by molar-refractivity contribution is 0.0604. The molecule has 0 aromatic carbocycles. The Morgan fingerprint density at radius 3 is 2.06 bits per heavy atom. The van der Waals surface area contributed by atoms with E-state index >= 15 is 0 Å². The molecule has 0 aromatic rings. The van der Waals surface area contributed by atoms with Crippen molar-refractivity contribution in [3.63, 3.8) is 0 Å². The van der Waals surface area contributed by atoms with Crippen molar-refractivity contribution in [1.82, 2.24) is 0 Å². The first-order chi connectivity index (χ1) is 8.76. The van der Waals surface area contributed by atoms with Crippen LogP contribution in [0, 0.1) is 5.92 Å². The van der Waals surface area contributed by atoms with Crippen LogP contribution in [0.4, 0.5) is 0 Å². The zero-order valence-electron chi connectivity index (χ0n) is 12.1. The van der Waals surface area contributed by atoms with E-state index in [0.717, 1.165) is 12.8 Å². The highest BCUT2D eigenvalue weighted by Crippen LogP contribution is 2.16. The lowest BCUT2D eigenvalue weighted by Crippen LogP contribution is -2.23.